The van der Waals surface area contributed by atoms with Gasteiger partial charge in [-0.2, -0.15) is 0 Å². The second-order valence-corrected chi connectivity index (χ2v) is 6.26. The van der Waals surface area contributed by atoms with Crippen LogP contribution >= 0.6 is 0 Å². The van der Waals surface area contributed by atoms with E-state index in [1.807, 2.05) is 0 Å². The van der Waals surface area contributed by atoms with Crippen molar-refractivity contribution in [3.63, 3.8) is 0 Å². The Kier molecular flexibility index (Phi) is 3.91. The average Bonchev–Trinajstić information content (AvgIpc) is 3.05. The predicted octanol–water partition coefficient (Wildman–Crippen LogP) is 2.99. The Labute approximate surface area is 144 Å². The number of anilines is 1. The van der Waals surface area contributed by atoms with Gasteiger partial charge in [0.25, 0.3) is 0 Å². The van der Waals surface area contributed by atoms with Crippen molar-refractivity contribution in [1.29, 1.82) is 0 Å². The maximum absolute atomic E-state index is 13.3. The summed E-state index contributed by atoms with van der Waals surface area (Å²) in [6.07, 6.45) is 3.53. The molecule has 0 aliphatic carbocycles. The molecule has 6 nitrogen and oxygen atoms in total. The number of carboxylic acids is 1. The third kappa shape index (κ3) is 2.97. The monoisotopic (exact) mass is 340 g/mol. The van der Waals surface area contributed by atoms with Gasteiger partial charge < -0.3 is 10.0 Å². The molecule has 4 rings (SSSR count). The minimum Gasteiger partial charge on any atom is -0.477 e. The van der Waals surface area contributed by atoms with Gasteiger partial charge in [0, 0.05) is 25.1 Å². The highest BCUT2D eigenvalue weighted by molar-refractivity contribution is 6.37. The summed E-state index contributed by atoms with van der Waals surface area (Å²) in [6, 6.07) is 6.10. The summed E-state index contributed by atoms with van der Waals surface area (Å²) in [4.78, 5) is 26.8. The van der Waals surface area contributed by atoms with E-state index in [1.54, 1.807) is 12.1 Å². The van der Waals surface area contributed by atoms with Gasteiger partial charge in [0.1, 0.15) is 17.2 Å². The standard InChI is InChI=1S/C18H17FN4O2/c19-12-6-4-11(5-7-12)15-17(23-8-2-1-3-9-23)21-13-10-14(18(24)25)20-16(13)22-15/h4-7H,1-3,8-10H2,(H,24,25). The molecule has 1 saturated heterocycles. The van der Waals surface area contributed by atoms with Gasteiger partial charge >= 0.3 is 5.97 Å². The van der Waals surface area contributed by atoms with E-state index in [1.165, 1.54) is 18.6 Å². The van der Waals surface area contributed by atoms with Crippen LogP contribution in [0.3, 0.4) is 0 Å². The number of piperidine rings is 1. The Morgan fingerprint density at radius 3 is 2.48 bits per heavy atom. The van der Waals surface area contributed by atoms with Crippen LogP contribution in [-0.2, 0) is 11.2 Å². The molecule has 0 spiro atoms. The number of benzene rings is 1. The topological polar surface area (TPSA) is 78.7 Å². The van der Waals surface area contributed by atoms with E-state index in [0.717, 1.165) is 37.3 Å². The normalized spacial score (nSPS) is 16.5. The number of nitrogens with zero attached hydrogens (tertiary/aromatic N) is 4. The molecular weight excluding hydrogens is 323 g/mol. The van der Waals surface area contributed by atoms with Crippen molar-refractivity contribution in [3.8, 4) is 11.3 Å². The highest BCUT2D eigenvalue weighted by Crippen LogP contribution is 2.35. The first-order valence-electron chi connectivity index (χ1n) is 8.34. The lowest BCUT2D eigenvalue weighted by atomic mass is 10.1. The molecule has 2 aliphatic heterocycles. The lowest BCUT2D eigenvalue weighted by Crippen LogP contribution is -2.31. The second kappa shape index (κ2) is 6.23. The van der Waals surface area contributed by atoms with Gasteiger partial charge in [0.2, 0.25) is 0 Å². The van der Waals surface area contributed by atoms with Gasteiger partial charge in [-0.3, -0.25) is 0 Å². The molecule has 0 saturated carbocycles. The number of rotatable bonds is 3. The Morgan fingerprint density at radius 1 is 1.08 bits per heavy atom. The lowest BCUT2D eigenvalue weighted by Gasteiger charge is -2.29. The summed E-state index contributed by atoms with van der Waals surface area (Å²) in [5, 5.41) is 9.18. The van der Waals surface area contributed by atoms with Crippen LogP contribution in [0.5, 0.6) is 0 Å². The van der Waals surface area contributed by atoms with Gasteiger partial charge in [-0.25, -0.2) is 24.1 Å². The smallest absolute Gasteiger partial charge is 0.350 e. The largest absolute Gasteiger partial charge is 0.477 e. The van der Waals surface area contributed by atoms with Gasteiger partial charge in [-0.05, 0) is 43.5 Å². The van der Waals surface area contributed by atoms with Crippen LogP contribution in [-0.4, -0.2) is 39.8 Å². The number of carboxylic acid groups (broad SMARTS) is 1. The van der Waals surface area contributed by atoms with E-state index < -0.39 is 5.97 Å². The molecule has 0 atom stereocenters. The molecule has 7 heteroatoms. The lowest BCUT2D eigenvalue weighted by molar-refractivity contribution is -0.129. The molecule has 0 unspecified atom stereocenters. The number of aliphatic imine (C=N–C) groups is 1. The Morgan fingerprint density at radius 2 is 1.80 bits per heavy atom. The molecule has 2 aromatic rings. The third-order valence-corrected chi connectivity index (χ3v) is 4.52. The fourth-order valence-electron chi connectivity index (χ4n) is 3.24. The van der Waals surface area contributed by atoms with Gasteiger partial charge in [0.15, 0.2) is 11.6 Å². The molecule has 1 aromatic heterocycles. The first-order chi connectivity index (χ1) is 12.1. The fraction of sp³-hybridized carbons (Fsp3) is 0.333. The van der Waals surface area contributed by atoms with Crippen LogP contribution in [0.25, 0.3) is 11.3 Å². The zero-order valence-corrected chi connectivity index (χ0v) is 13.6. The molecule has 0 amide bonds. The Balaban J connectivity index is 1.82. The van der Waals surface area contributed by atoms with Crippen LogP contribution in [0.2, 0.25) is 0 Å². The summed E-state index contributed by atoms with van der Waals surface area (Å²) in [6.45, 7) is 1.77. The number of aromatic nitrogens is 2. The molecule has 25 heavy (non-hydrogen) atoms. The van der Waals surface area contributed by atoms with Crippen LogP contribution in [0.1, 0.15) is 25.0 Å². The Hall–Kier alpha value is -2.83. The van der Waals surface area contributed by atoms with Crippen molar-refractivity contribution < 1.29 is 14.3 Å². The summed E-state index contributed by atoms with van der Waals surface area (Å²) < 4.78 is 13.3. The quantitative estimate of drug-likeness (QED) is 0.929. The minimum absolute atomic E-state index is 0.0517. The number of carbonyl (C=O) groups is 1. The molecule has 2 aliphatic rings. The van der Waals surface area contributed by atoms with Crippen molar-refractivity contribution in [3.05, 3.63) is 35.8 Å². The van der Waals surface area contributed by atoms with Gasteiger partial charge in [0.05, 0.1) is 5.69 Å². The van der Waals surface area contributed by atoms with Crippen LogP contribution in [0.15, 0.2) is 29.3 Å². The average molecular weight is 340 g/mol. The molecule has 0 bridgehead atoms. The molecule has 1 aromatic carbocycles. The van der Waals surface area contributed by atoms with E-state index >= 15 is 0 Å². The number of fused-ring (bicyclic) bond motifs is 1. The fourth-order valence-corrected chi connectivity index (χ4v) is 3.24. The third-order valence-electron chi connectivity index (χ3n) is 4.52. The van der Waals surface area contributed by atoms with Gasteiger partial charge in [-0.1, -0.05) is 0 Å². The highest BCUT2D eigenvalue weighted by Gasteiger charge is 2.27. The first kappa shape index (κ1) is 15.7. The summed E-state index contributed by atoms with van der Waals surface area (Å²) >= 11 is 0. The number of aliphatic carboxylic acids is 1. The molecule has 1 N–H and O–H groups in total. The molecule has 0 radical (unpaired) electrons. The maximum Gasteiger partial charge on any atom is 0.350 e. The van der Waals surface area contributed by atoms with Crippen molar-refractivity contribution >= 4 is 23.3 Å². The molecular formula is C18H17FN4O2. The highest BCUT2D eigenvalue weighted by atomic mass is 19.1. The summed E-state index contributed by atoms with van der Waals surface area (Å²) in [5.41, 5.74) is 2.01. The van der Waals surface area contributed by atoms with E-state index in [0.29, 0.717) is 17.2 Å². The maximum atomic E-state index is 13.3. The minimum atomic E-state index is -1.05. The number of hydrogen-bond donors (Lipinski definition) is 1. The second-order valence-electron chi connectivity index (χ2n) is 6.26. The summed E-state index contributed by atoms with van der Waals surface area (Å²) in [5.74, 6) is -0.296. The zero-order chi connectivity index (χ0) is 17.4. The van der Waals surface area contributed by atoms with Crippen LogP contribution < -0.4 is 4.90 Å². The van der Waals surface area contributed by atoms with Gasteiger partial charge in [-0.15, -0.1) is 0 Å². The predicted molar refractivity (Wildman–Crippen MR) is 91.9 cm³/mol. The van der Waals surface area contributed by atoms with Crippen molar-refractivity contribution in [2.45, 2.75) is 25.7 Å². The zero-order valence-electron chi connectivity index (χ0n) is 13.6. The van der Waals surface area contributed by atoms with E-state index in [-0.39, 0.29) is 17.9 Å². The van der Waals surface area contributed by atoms with Crippen LogP contribution in [0.4, 0.5) is 16.0 Å². The number of hydrogen-bond acceptors (Lipinski definition) is 5. The van der Waals surface area contributed by atoms with E-state index in [2.05, 4.69) is 14.9 Å². The van der Waals surface area contributed by atoms with Crippen molar-refractivity contribution in [1.82, 2.24) is 9.97 Å². The number of halogens is 1. The SMILES string of the molecule is O=C(O)C1=Nc2nc(-c3ccc(F)cc3)c(N3CCCCC3)nc2C1. The molecule has 128 valence electrons. The Bertz CT molecular complexity index is 858. The van der Waals surface area contributed by atoms with Crippen molar-refractivity contribution in [2.75, 3.05) is 18.0 Å². The molecule has 1 fully saturated rings. The summed E-state index contributed by atoms with van der Waals surface area (Å²) in [7, 11) is 0. The van der Waals surface area contributed by atoms with Crippen LogP contribution in [0, 0.1) is 5.82 Å². The first-order valence-corrected chi connectivity index (χ1v) is 8.34. The molecule has 3 heterocycles. The van der Waals surface area contributed by atoms with E-state index in [9.17, 15) is 14.3 Å². The van der Waals surface area contributed by atoms with Crippen molar-refractivity contribution in [2.24, 2.45) is 4.99 Å². The van der Waals surface area contributed by atoms with E-state index in [4.69, 9.17) is 4.98 Å².